The van der Waals surface area contributed by atoms with Gasteiger partial charge in [0.25, 0.3) is 0 Å². The van der Waals surface area contributed by atoms with Gasteiger partial charge in [-0.05, 0) is 26.0 Å². The van der Waals surface area contributed by atoms with Crippen LogP contribution in [-0.2, 0) is 0 Å². The number of anilines is 2. The summed E-state index contributed by atoms with van der Waals surface area (Å²) in [5, 5.41) is 3.28. The largest absolute Gasteiger partial charge is 0.481 e. The Kier molecular flexibility index (Phi) is 4.85. The highest BCUT2D eigenvalue weighted by molar-refractivity contribution is 5.61. The van der Waals surface area contributed by atoms with Gasteiger partial charge in [0.1, 0.15) is 0 Å². The molecule has 0 bridgehead atoms. The van der Waals surface area contributed by atoms with Crippen LogP contribution < -0.4 is 15.8 Å². The van der Waals surface area contributed by atoms with Crippen LogP contribution in [0.1, 0.15) is 25.7 Å². The third kappa shape index (κ3) is 3.73. The number of hydrogen-bond acceptors (Lipinski definition) is 5. The molecule has 1 fully saturated rings. The van der Waals surface area contributed by atoms with Crippen molar-refractivity contribution >= 4 is 11.5 Å². The van der Waals surface area contributed by atoms with Gasteiger partial charge in [0.15, 0.2) is 5.82 Å². The molecule has 0 spiro atoms. The summed E-state index contributed by atoms with van der Waals surface area (Å²) < 4.78 is 5.10. The average molecular weight is 264 g/mol. The summed E-state index contributed by atoms with van der Waals surface area (Å²) in [4.78, 5) is 6.74. The molecule has 19 heavy (non-hydrogen) atoms. The number of nitrogens with one attached hydrogen (secondary N) is 1. The molecule has 1 aliphatic rings. The molecule has 0 radical (unpaired) electrons. The Hall–Kier alpha value is -1.49. The van der Waals surface area contributed by atoms with Crippen molar-refractivity contribution in [2.24, 2.45) is 0 Å². The second-order valence-corrected chi connectivity index (χ2v) is 5.14. The maximum atomic E-state index is 5.89. The molecular formula is C14H24N4O. The number of nitrogens with two attached hydrogens (primary N) is 1. The molecule has 2 rings (SSSR count). The van der Waals surface area contributed by atoms with E-state index in [1.54, 1.807) is 13.2 Å². The van der Waals surface area contributed by atoms with E-state index in [9.17, 15) is 0 Å². The van der Waals surface area contributed by atoms with E-state index in [0.717, 1.165) is 19.1 Å². The molecule has 1 heterocycles. The zero-order valence-electron chi connectivity index (χ0n) is 11.9. The monoisotopic (exact) mass is 264 g/mol. The highest BCUT2D eigenvalue weighted by Gasteiger charge is 2.18. The number of aromatic nitrogens is 1. The number of nitrogen functional groups attached to an aromatic ring is 1. The van der Waals surface area contributed by atoms with E-state index < -0.39 is 0 Å². The predicted octanol–water partition coefficient (Wildman–Crippen LogP) is 1.96. The molecule has 5 heteroatoms. The first-order valence-corrected chi connectivity index (χ1v) is 6.95. The van der Waals surface area contributed by atoms with E-state index in [0.29, 0.717) is 17.4 Å². The normalized spacial score (nSPS) is 15.9. The van der Waals surface area contributed by atoms with Gasteiger partial charge >= 0.3 is 0 Å². The first kappa shape index (κ1) is 13.9. The fourth-order valence-corrected chi connectivity index (χ4v) is 2.59. The first-order valence-electron chi connectivity index (χ1n) is 6.95. The molecule has 1 aromatic rings. The molecule has 1 aromatic heterocycles. The summed E-state index contributed by atoms with van der Waals surface area (Å²) in [5.41, 5.74) is 6.55. The van der Waals surface area contributed by atoms with E-state index >= 15 is 0 Å². The van der Waals surface area contributed by atoms with Crippen LogP contribution in [-0.4, -0.2) is 43.2 Å². The van der Waals surface area contributed by atoms with Gasteiger partial charge in [0.2, 0.25) is 5.88 Å². The third-order valence-electron chi connectivity index (χ3n) is 3.82. The molecular weight excluding hydrogens is 240 g/mol. The van der Waals surface area contributed by atoms with Crippen LogP contribution >= 0.6 is 0 Å². The maximum Gasteiger partial charge on any atom is 0.215 e. The number of hydrogen-bond donors (Lipinski definition) is 2. The number of nitrogens with zero attached hydrogens (tertiary/aromatic N) is 2. The first-order chi connectivity index (χ1) is 9.20. The lowest BCUT2D eigenvalue weighted by atomic mass is 10.2. The van der Waals surface area contributed by atoms with Crippen LogP contribution in [0.3, 0.4) is 0 Å². The molecule has 106 valence electrons. The van der Waals surface area contributed by atoms with Crippen molar-refractivity contribution in [2.45, 2.75) is 31.7 Å². The van der Waals surface area contributed by atoms with Crippen LogP contribution in [0.15, 0.2) is 12.1 Å². The Bertz CT molecular complexity index is 404. The minimum atomic E-state index is 0.584. The van der Waals surface area contributed by atoms with E-state index in [2.05, 4.69) is 22.2 Å². The number of likely N-dealkylation sites (N-methyl/N-ethyl adjacent to an activating group) is 1. The summed E-state index contributed by atoms with van der Waals surface area (Å²) >= 11 is 0. The average Bonchev–Trinajstić information content (AvgIpc) is 2.95. The van der Waals surface area contributed by atoms with Gasteiger partial charge in [0.05, 0.1) is 12.8 Å². The van der Waals surface area contributed by atoms with E-state index in [4.69, 9.17) is 10.5 Å². The quantitative estimate of drug-likeness (QED) is 0.822. The van der Waals surface area contributed by atoms with Crippen molar-refractivity contribution in [3.05, 3.63) is 12.1 Å². The van der Waals surface area contributed by atoms with Crippen LogP contribution in [0.2, 0.25) is 0 Å². The van der Waals surface area contributed by atoms with E-state index in [-0.39, 0.29) is 0 Å². The topological polar surface area (TPSA) is 63.4 Å². The van der Waals surface area contributed by atoms with Crippen molar-refractivity contribution < 1.29 is 4.74 Å². The molecule has 0 atom stereocenters. The third-order valence-corrected chi connectivity index (χ3v) is 3.82. The predicted molar refractivity (Wildman–Crippen MR) is 78.6 cm³/mol. The van der Waals surface area contributed by atoms with Crippen LogP contribution in [0.5, 0.6) is 5.88 Å². The number of methoxy groups -OCH3 is 1. The van der Waals surface area contributed by atoms with Crippen molar-refractivity contribution in [2.75, 3.05) is 38.3 Å². The van der Waals surface area contributed by atoms with Crippen LogP contribution in [0.25, 0.3) is 0 Å². The Labute approximate surface area is 115 Å². The number of rotatable bonds is 6. The Balaban J connectivity index is 1.81. The fraction of sp³-hybridized carbons (Fsp3) is 0.643. The highest BCUT2D eigenvalue weighted by Crippen LogP contribution is 2.22. The van der Waals surface area contributed by atoms with Gasteiger partial charge in [-0.3, -0.25) is 0 Å². The summed E-state index contributed by atoms with van der Waals surface area (Å²) in [6.45, 7) is 1.85. The van der Waals surface area contributed by atoms with Crippen LogP contribution in [0.4, 0.5) is 11.5 Å². The Morgan fingerprint density at radius 2 is 2.16 bits per heavy atom. The van der Waals surface area contributed by atoms with Gasteiger partial charge in [0, 0.05) is 25.2 Å². The molecule has 1 saturated carbocycles. The van der Waals surface area contributed by atoms with E-state index in [1.807, 2.05) is 6.07 Å². The molecule has 0 saturated heterocycles. The summed E-state index contributed by atoms with van der Waals surface area (Å²) in [5.74, 6) is 1.29. The zero-order valence-corrected chi connectivity index (χ0v) is 11.9. The van der Waals surface area contributed by atoms with Crippen molar-refractivity contribution in [3.63, 3.8) is 0 Å². The van der Waals surface area contributed by atoms with Crippen molar-refractivity contribution in [1.29, 1.82) is 0 Å². The van der Waals surface area contributed by atoms with Crippen molar-refractivity contribution in [3.8, 4) is 5.88 Å². The van der Waals surface area contributed by atoms with Gasteiger partial charge < -0.3 is 20.7 Å². The van der Waals surface area contributed by atoms with Gasteiger partial charge in [-0.15, -0.1) is 0 Å². The fourth-order valence-electron chi connectivity index (χ4n) is 2.59. The molecule has 1 aliphatic carbocycles. The van der Waals surface area contributed by atoms with E-state index in [1.165, 1.54) is 25.7 Å². The summed E-state index contributed by atoms with van der Waals surface area (Å²) in [6.07, 6.45) is 5.39. The SMILES string of the molecule is COc1ccc(N)c(NCCN(C)C2CCCC2)n1. The van der Waals surface area contributed by atoms with Gasteiger partial charge in [-0.25, -0.2) is 0 Å². The van der Waals surface area contributed by atoms with Gasteiger partial charge in [-0.2, -0.15) is 4.98 Å². The van der Waals surface area contributed by atoms with Crippen molar-refractivity contribution in [1.82, 2.24) is 9.88 Å². The molecule has 0 aliphatic heterocycles. The number of pyridine rings is 1. The highest BCUT2D eigenvalue weighted by atomic mass is 16.5. The van der Waals surface area contributed by atoms with Gasteiger partial charge in [-0.1, -0.05) is 12.8 Å². The lowest BCUT2D eigenvalue weighted by Gasteiger charge is -2.24. The lowest BCUT2D eigenvalue weighted by molar-refractivity contribution is 0.254. The molecule has 3 N–H and O–H groups in total. The Morgan fingerprint density at radius 3 is 2.84 bits per heavy atom. The zero-order chi connectivity index (χ0) is 13.7. The van der Waals surface area contributed by atoms with Crippen LogP contribution in [0, 0.1) is 0 Å². The standard InChI is InChI=1S/C14H24N4O/c1-18(11-5-3-4-6-11)10-9-16-14-12(15)7-8-13(17-14)19-2/h7-8,11H,3-6,9-10,15H2,1-2H3,(H,16,17). The molecule has 5 nitrogen and oxygen atoms in total. The summed E-state index contributed by atoms with van der Waals surface area (Å²) in [6, 6.07) is 4.33. The second kappa shape index (κ2) is 6.61. The minimum Gasteiger partial charge on any atom is -0.481 e. The summed E-state index contributed by atoms with van der Waals surface area (Å²) in [7, 11) is 3.80. The minimum absolute atomic E-state index is 0.584. The lowest BCUT2D eigenvalue weighted by Crippen LogP contribution is -2.33. The molecule has 0 amide bonds. The molecule has 0 aromatic carbocycles. The maximum absolute atomic E-state index is 5.89. The Morgan fingerprint density at radius 1 is 1.42 bits per heavy atom. The molecule has 0 unspecified atom stereocenters. The number of ether oxygens (including phenoxy) is 1. The second-order valence-electron chi connectivity index (χ2n) is 5.14. The smallest absolute Gasteiger partial charge is 0.215 e.